The van der Waals surface area contributed by atoms with Crippen molar-refractivity contribution in [2.45, 2.75) is 18.1 Å². The molecule has 0 radical (unpaired) electrons. The Morgan fingerprint density at radius 3 is 2.33 bits per heavy atom. The summed E-state index contributed by atoms with van der Waals surface area (Å²) in [7, 11) is 1.30. The molecule has 0 aliphatic rings. The van der Waals surface area contributed by atoms with E-state index in [1.54, 1.807) is 0 Å². The molecule has 0 saturated carbocycles. The fourth-order valence-electron chi connectivity index (χ4n) is 1.37. The van der Waals surface area contributed by atoms with Gasteiger partial charge in [-0.05, 0) is 19.1 Å². The van der Waals surface area contributed by atoms with Gasteiger partial charge in [-0.2, -0.15) is 0 Å². The van der Waals surface area contributed by atoms with E-state index in [2.05, 4.69) is 20.7 Å². The van der Waals surface area contributed by atoms with E-state index in [-0.39, 0.29) is 17.1 Å². The highest BCUT2D eigenvalue weighted by Crippen LogP contribution is 2.40. The maximum atomic E-state index is 12.3. The lowest BCUT2D eigenvalue weighted by Gasteiger charge is -2.18. The van der Waals surface area contributed by atoms with Crippen molar-refractivity contribution in [1.29, 1.82) is 0 Å². The molecule has 0 amide bonds. The van der Waals surface area contributed by atoms with Gasteiger partial charge in [-0.25, -0.2) is 0 Å². The molecule has 18 heavy (non-hydrogen) atoms. The molecule has 100 valence electrons. The highest BCUT2D eigenvalue weighted by molar-refractivity contribution is 9.09. The van der Waals surface area contributed by atoms with E-state index in [0.29, 0.717) is 0 Å². The van der Waals surface area contributed by atoms with Crippen LogP contribution in [0.2, 0.25) is 0 Å². The van der Waals surface area contributed by atoms with Crippen LogP contribution >= 0.6 is 15.9 Å². The minimum atomic E-state index is -4.83. The highest BCUT2D eigenvalue weighted by atomic mass is 79.9. The first kappa shape index (κ1) is 14.8. The largest absolute Gasteiger partial charge is 0.573 e. The molecule has 7 heteroatoms. The number of methoxy groups -OCH3 is 1. The summed E-state index contributed by atoms with van der Waals surface area (Å²) in [5.74, 6) is -0.667. The molecule has 0 bridgehead atoms. The Labute approximate surface area is 110 Å². The summed E-state index contributed by atoms with van der Waals surface area (Å²) in [5, 5.41) is 0. The van der Waals surface area contributed by atoms with Crippen molar-refractivity contribution in [3.05, 3.63) is 23.8 Å². The van der Waals surface area contributed by atoms with Gasteiger partial charge < -0.3 is 9.47 Å². The Balaban J connectivity index is 3.29. The number of ketones is 1. The third-order valence-corrected chi connectivity index (χ3v) is 3.18. The van der Waals surface area contributed by atoms with Crippen LogP contribution in [-0.2, 0) is 4.79 Å². The van der Waals surface area contributed by atoms with Crippen LogP contribution in [0.5, 0.6) is 11.5 Å². The van der Waals surface area contributed by atoms with Gasteiger partial charge in [0, 0.05) is 0 Å². The first-order valence-corrected chi connectivity index (χ1v) is 5.75. The zero-order chi connectivity index (χ0) is 13.9. The molecule has 0 spiro atoms. The minimum Gasteiger partial charge on any atom is -0.496 e. The first-order chi connectivity index (χ1) is 8.26. The Morgan fingerprint density at radius 2 is 1.89 bits per heavy atom. The smallest absolute Gasteiger partial charge is 0.496 e. The van der Waals surface area contributed by atoms with Crippen LogP contribution in [0.15, 0.2) is 18.2 Å². The van der Waals surface area contributed by atoms with Crippen molar-refractivity contribution in [2.75, 3.05) is 7.11 Å². The number of ether oxygens (including phenoxy) is 2. The van der Waals surface area contributed by atoms with Gasteiger partial charge in [0.1, 0.15) is 22.1 Å². The molecular weight excluding hydrogens is 317 g/mol. The summed E-state index contributed by atoms with van der Waals surface area (Å²) < 4.78 is 45.6. The standard InChI is InChI=1S/C11H10BrF3O3/c1-6(16)10(12)9-7(17-2)4-3-5-8(9)18-11(13,14)15/h3-5,10H,1-2H3. The highest BCUT2D eigenvalue weighted by Gasteiger charge is 2.34. The number of carbonyl (C=O) groups is 1. The van der Waals surface area contributed by atoms with Crippen molar-refractivity contribution in [3.63, 3.8) is 0 Å². The van der Waals surface area contributed by atoms with Gasteiger partial charge in [-0.15, -0.1) is 13.2 Å². The summed E-state index contributed by atoms with van der Waals surface area (Å²) in [4.78, 5) is 10.4. The molecule has 1 aromatic carbocycles. The SMILES string of the molecule is COc1cccc(OC(F)(F)F)c1C(Br)C(C)=O. The predicted octanol–water partition coefficient (Wildman–Crippen LogP) is 3.62. The summed E-state index contributed by atoms with van der Waals surface area (Å²) in [6.45, 7) is 1.25. The Hall–Kier alpha value is -1.24. The van der Waals surface area contributed by atoms with Crippen molar-refractivity contribution in [3.8, 4) is 11.5 Å². The summed E-state index contributed by atoms with van der Waals surface area (Å²) in [6.07, 6.45) is -4.83. The number of rotatable bonds is 4. The summed E-state index contributed by atoms with van der Waals surface area (Å²) in [5.41, 5.74) is 0.0184. The maximum Gasteiger partial charge on any atom is 0.573 e. The minimum absolute atomic E-state index is 0.0184. The molecular formula is C11H10BrF3O3. The Kier molecular flexibility index (Phi) is 4.61. The van der Waals surface area contributed by atoms with E-state index < -0.39 is 16.9 Å². The molecule has 1 atom stereocenters. The van der Waals surface area contributed by atoms with Crippen molar-refractivity contribution in [2.24, 2.45) is 0 Å². The van der Waals surface area contributed by atoms with E-state index in [9.17, 15) is 18.0 Å². The van der Waals surface area contributed by atoms with Crippen LogP contribution in [0.3, 0.4) is 0 Å². The van der Waals surface area contributed by atoms with Crippen molar-refractivity contribution in [1.82, 2.24) is 0 Å². The molecule has 1 unspecified atom stereocenters. The van der Waals surface area contributed by atoms with E-state index in [1.807, 2.05) is 0 Å². The molecule has 0 aliphatic carbocycles. The lowest BCUT2D eigenvalue weighted by Crippen LogP contribution is -2.19. The van der Waals surface area contributed by atoms with E-state index in [1.165, 1.54) is 26.2 Å². The molecule has 0 saturated heterocycles. The number of carbonyl (C=O) groups excluding carboxylic acids is 1. The van der Waals surface area contributed by atoms with E-state index in [4.69, 9.17) is 4.74 Å². The molecule has 0 heterocycles. The number of alkyl halides is 4. The normalized spacial score (nSPS) is 13.0. The van der Waals surface area contributed by atoms with Crippen molar-refractivity contribution >= 4 is 21.7 Å². The fourth-order valence-corrected chi connectivity index (χ4v) is 1.82. The zero-order valence-electron chi connectivity index (χ0n) is 9.55. The molecule has 1 aromatic rings. The lowest BCUT2D eigenvalue weighted by atomic mass is 10.1. The van der Waals surface area contributed by atoms with Crippen molar-refractivity contribution < 1.29 is 27.4 Å². The molecule has 0 fully saturated rings. The van der Waals surface area contributed by atoms with Crippen LogP contribution < -0.4 is 9.47 Å². The van der Waals surface area contributed by atoms with E-state index in [0.717, 1.165) is 6.07 Å². The molecule has 0 aromatic heterocycles. The van der Waals surface area contributed by atoms with Gasteiger partial charge in [-0.1, -0.05) is 22.0 Å². The quantitative estimate of drug-likeness (QED) is 0.793. The fraction of sp³-hybridized carbons (Fsp3) is 0.364. The second-order valence-corrected chi connectivity index (χ2v) is 4.31. The molecule has 1 rings (SSSR count). The molecule has 3 nitrogen and oxygen atoms in total. The third-order valence-electron chi connectivity index (χ3n) is 2.08. The van der Waals surface area contributed by atoms with Crippen LogP contribution in [-0.4, -0.2) is 19.3 Å². The van der Waals surface area contributed by atoms with Crippen LogP contribution in [0.4, 0.5) is 13.2 Å². The predicted molar refractivity (Wildman–Crippen MR) is 62.0 cm³/mol. The third kappa shape index (κ3) is 3.63. The monoisotopic (exact) mass is 326 g/mol. The van der Waals surface area contributed by atoms with Gasteiger partial charge in [-0.3, -0.25) is 4.79 Å². The number of halogens is 4. The van der Waals surface area contributed by atoms with Gasteiger partial charge in [0.25, 0.3) is 0 Å². The number of hydrogen-bond donors (Lipinski definition) is 0. The zero-order valence-corrected chi connectivity index (χ0v) is 11.1. The van der Waals surface area contributed by atoms with Crippen LogP contribution in [0.1, 0.15) is 17.3 Å². The number of Topliss-reactive ketones (excluding diaryl/α,β-unsaturated/α-hetero) is 1. The number of hydrogen-bond acceptors (Lipinski definition) is 3. The average molecular weight is 327 g/mol. The second-order valence-electron chi connectivity index (χ2n) is 3.39. The van der Waals surface area contributed by atoms with Gasteiger partial charge in [0.2, 0.25) is 0 Å². The maximum absolute atomic E-state index is 12.3. The number of benzene rings is 1. The topological polar surface area (TPSA) is 35.5 Å². The first-order valence-electron chi connectivity index (χ1n) is 4.83. The van der Waals surface area contributed by atoms with Crippen LogP contribution in [0, 0.1) is 0 Å². The van der Waals surface area contributed by atoms with Crippen LogP contribution in [0.25, 0.3) is 0 Å². The molecule has 0 N–H and O–H groups in total. The summed E-state index contributed by atoms with van der Waals surface area (Å²) in [6, 6.07) is 3.93. The molecule has 0 aliphatic heterocycles. The Bertz CT molecular complexity index is 446. The average Bonchev–Trinajstić information content (AvgIpc) is 2.25. The second kappa shape index (κ2) is 5.60. The van der Waals surface area contributed by atoms with Gasteiger partial charge in [0.05, 0.1) is 12.7 Å². The Morgan fingerprint density at radius 1 is 1.33 bits per heavy atom. The summed E-state index contributed by atoms with van der Waals surface area (Å²) >= 11 is 3.02. The van der Waals surface area contributed by atoms with Gasteiger partial charge in [0.15, 0.2) is 0 Å². The van der Waals surface area contributed by atoms with E-state index >= 15 is 0 Å². The lowest BCUT2D eigenvalue weighted by molar-refractivity contribution is -0.274. The van der Waals surface area contributed by atoms with Gasteiger partial charge >= 0.3 is 6.36 Å².